The molecule has 2 rings (SSSR count). The normalized spacial score (nSPS) is 11.4. The van der Waals surface area contributed by atoms with Crippen LogP contribution in [0.4, 0.5) is 5.69 Å². The van der Waals surface area contributed by atoms with Crippen LogP contribution in [-0.2, 0) is 14.3 Å². The molecule has 0 bridgehead atoms. The Morgan fingerprint density at radius 3 is 2.29 bits per heavy atom. The number of para-hydroxylation sites is 1. The van der Waals surface area contributed by atoms with Gasteiger partial charge in [-0.3, -0.25) is 9.59 Å². The summed E-state index contributed by atoms with van der Waals surface area (Å²) in [5, 5.41) is 2.79. The molecule has 0 radical (unpaired) electrons. The Kier molecular flexibility index (Phi) is 6.76. The van der Waals surface area contributed by atoms with Crippen LogP contribution in [0.1, 0.15) is 34.0 Å². The van der Waals surface area contributed by atoms with Crippen molar-refractivity contribution >= 4 is 23.5 Å². The van der Waals surface area contributed by atoms with Crippen LogP contribution in [-0.4, -0.2) is 30.5 Å². The van der Waals surface area contributed by atoms with Crippen LogP contribution < -0.4 is 15.8 Å². The molecule has 0 unspecified atom stereocenters. The van der Waals surface area contributed by atoms with Gasteiger partial charge in [0.15, 0.2) is 12.7 Å². The average Bonchev–Trinajstić information content (AvgIpc) is 2.62. The Hall–Kier alpha value is -3.35. The number of esters is 1. The van der Waals surface area contributed by atoms with E-state index in [4.69, 9.17) is 15.2 Å². The van der Waals surface area contributed by atoms with E-state index in [9.17, 15) is 14.4 Å². The molecular formula is C21H24N2O5. The van der Waals surface area contributed by atoms with Gasteiger partial charge in [-0.2, -0.15) is 0 Å². The molecule has 2 aromatic rings. The minimum atomic E-state index is -1.01. The number of carbonyl (C=O) groups excluding carboxylic acids is 3. The largest absolute Gasteiger partial charge is 0.481 e. The highest BCUT2D eigenvalue weighted by atomic mass is 16.6. The summed E-state index contributed by atoms with van der Waals surface area (Å²) in [6.07, 6.45) is -1.01. The second-order valence-electron chi connectivity index (χ2n) is 6.54. The van der Waals surface area contributed by atoms with Crippen molar-refractivity contribution in [2.45, 2.75) is 33.8 Å². The van der Waals surface area contributed by atoms with Crippen molar-refractivity contribution in [3.8, 4) is 5.75 Å². The van der Waals surface area contributed by atoms with Gasteiger partial charge in [0.25, 0.3) is 11.8 Å². The molecule has 0 aliphatic carbocycles. The third-order valence-corrected chi connectivity index (χ3v) is 4.10. The molecular weight excluding hydrogens is 360 g/mol. The lowest BCUT2D eigenvalue weighted by molar-refractivity contribution is -0.155. The Bertz CT molecular complexity index is 884. The van der Waals surface area contributed by atoms with Crippen molar-refractivity contribution < 1.29 is 23.9 Å². The first-order valence-electron chi connectivity index (χ1n) is 8.79. The molecule has 0 heterocycles. The number of aryl methyl sites for hydroxylation is 3. The van der Waals surface area contributed by atoms with Crippen LogP contribution in [0.5, 0.6) is 5.75 Å². The van der Waals surface area contributed by atoms with Gasteiger partial charge in [0.05, 0.1) is 5.56 Å². The van der Waals surface area contributed by atoms with Crippen molar-refractivity contribution in [1.82, 2.24) is 0 Å². The molecule has 148 valence electrons. The van der Waals surface area contributed by atoms with Crippen molar-refractivity contribution in [1.29, 1.82) is 0 Å². The number of anilines is 1. The highest BCUT2D eigenvalue weighted by molar-refractivity contribution is 5.97. The van der Waals surface area contributed by atoms with Gasteiger partial charge in [0.2, 0.25) is 0 Å². The standard InChI is InChI=1S/C21H24N2O5/c1-12-9-13(2)19(14(3)10-12)23-21(26)15(4)28-18(24)11-27-17-8-6-5-7-16(17)20(22)25/h5-10,15H,11H2,1-4H3,(H2,22,25)(H,23,26)/t15-/m0/s1. The number of rotatable bonds is 7. The summed E-state index contributed by atoms with van der Waals surface area (Å²) in [6.45, 7) is 6.80. The van der Waals surface area contributed by atoms with Gasteiger partial charge in [-0.05, 0) is 51.0 Å². The molecule has 0 aromatic heterocycles. The van der Waals surface area contributed by atoms with Gasteiger partial charge in [-0.25, -0.2) is 4.79 Å². The molecule has 7 heteroatoms. The van der Waals surface area contributed by atoms with Crippen LogP contribution in [0.3, 0.4) is 0 Å². The number of benzene rings is 2. The number of hydrogen-bond donors (Lipinski definition) is 2. The monoisotopic (exact) mass is 384 g/mol. The maximum Gasteiger partial charge on any atom is 0.344 e. The molecule has 1 atom stereocenters. The second-order valence-corrected chi connectivity index (χ2v) is 6.54. The third kappa shape index (κ3) is 5.33. The van der Waals surface area contributed by atoms with Gasteiger partial charge in [0, 0.05) is 5.69 Å². The van der Waals surface area contributed by atoms with E-state index in [1.807, 2.05) is 32.9 Å². The fourth-order valence-electron chi connectivity index (χ4n) is 2.82. The van der Waals surface area contributed by atoms with E-state index in [-0.39, 0.29) is 11.3 Å². The zero-order chi connectivity index (χ0) is 20.8. The lowest BCUT2D eigenvalue weighted by Crippen LogP contribution is -2.32. The molecule has 28 heavy (non-hydrogen) atoms. The maximum absolute atomic E-state index is 12.4. The summed E-state index contributed by atoms with van der Waals surface area (Å²) in [5.74, 6) is -1.67. The zero-order valence-electron chi connectivity index (χ0n) is 16.4. The highest BCUT2D eigenvalue weighted by Gasteiger charge is 2.20. The number of nitrogens with one attached hydrogen (secondary N) is 1. The number of primary amides is 1. The Morgan fingerprint density at radius 2 is 1.68 bits per heavy atom. The summed E-state index contributed by atoms with van der Waals surface area (Å²) in [6, 6.07) is 10.2. The molecule has 0 saturated heterocycles. The van der Waals surface area contributed by atoms with E-state index < -0.39 is 30.5 Å². The molecule has 2 amide bonds. The van der Waals surface area contributed by atoms with Crippen LogP contribution in [0, 0.1) is 20.8 Å². The number of nitrogens with two attached hydrogens (primary N) is 1. The quantitative estimate of drug-likeness (QED) is 0.714. The lowest BCUT2D eigenvalue weighted by Gasteiger charge is -2.17. The molecule has 0 saturated carbocycles. The van der Waals surface area contributed by atoms with Gasteiger partial charge in [-0.15, -0.1) is 0 Å². The number of ether oxygens (including phenoxy) is 2. The summed E-state index contributed by atoms with van der Waals surface area (Å²) in [5.41, 5.74) is 9.07. The first kappa shape index (κ1) is 21.0. The molecule has 3 N–H and O–H groups in total. The molecule has 0 aliphatic heterocycles. The van der Waals surface area contributed by atoms with Crippen molar-refractivity contribution in [3.63, 3.8) is 0 Å². The molecule has 0 aliphatic rings. The van der Waals surface area contributed by atoms with E-state index in [1.54, 1.807) is 12.1 Å². The van der Waals surface area contributed by atoms with Crippen LogP contribution in [0.15, 0.2) is 36.4 Å². The van der Waals surface area contributed by atoms with E-state index in [0.717, 1.165) is 16.7 Å². The van der Waals surface area contributed by atoms with Gasteiger partial charge in [-0.1, -0.05) is 29.8 Å². The SMILES string of the molecule is Cc1cc(C)c(NC(=O)[C@H](C)OC(=O)COc2ccccc2C(N)=O)c(C)c1. The number of carbonyl (C=O) groups is 3. The number of amides is 2. The minimum Gasteiger partial charge on any atom is -0.481 e. The van der Waals surface area contributed by atoms with Gasteiger partial charge >= 0.3 is 5.97 Å². The maximum atomic E-state index is 12.4. The predicted molar refractivity (Wildman–Crippen MR) is 105 cm³/mol. The highest BCUT2D eigenvalue weighted by Crippen LogP contribution is 2.22. The van der Waals surface area contributed by atoms with E-state index >= 15 is 0 Å². The third-order valence-electron chi connectivity index (χ3n) is 4.10. The second kappa shape index (κ2) is 9.03. The van der Waals surface area contributed by atoms with Crippen molar-refractivity contribution in [2.75, 3.05) is 11.9 Å². The average molecular weight is 384 g/mol. The summed E-state index contributed by atoms with van der Waals surface area (Å²) < 4.78 is 10.4. The Balaban J connectivity index is 1.94. The molecule has 7 nitrogen and oxygen atoms in total. The fourth-order valence-corrected chi connectivity index (χ4v) is 2.82. The van der Waals surface area contributed by atoms with E-state index in [1.165, 1.54) is 19.1 Å². The molecule has 0 fully saturated rings. The van der Waals surface area contributed by atoms with Crippen LogP contribution >= 0.6 is 0 Å². The van der Waals surface area contributed by atoms with Gasteiger partial charge in [0.1, 0.15) is 5.75 Å². The summed E-state index contributed by atoms with van der Waals surface area (Å²) in [7, 11) is 0. The molecule has 2 aromatic carbocycles. The van der Waals surface area contributed by atoms with Gasteiger partial charge < -0.3 is 20.5 Å². The van der Waals surface area contributed by atoms with Crippen molar-refractivity contribution in [2.24, 2.45) is 5.73 Å². The first-order chi connectivity index (χ1) is 13.2. The van der Waals surface area contributed by atoms with E-state index in [0.29, 0.717) is 5.69 Å². The minimum absolute atomic E-state index is 0.159. The summed E-state index contributed by atoms with van der Waals surface area (Å²) in [4.78, 5) is 35.7. The fraction of sp³-hybridized carbons (Fsp3) is 0.286. The van der Waals surface area contributed by atoms with Crippen LogP contribution in [0.25, 0.3) is 0 Å². The number of hydrogen-bond acceptors (Lipinski definition) is 5. The lowest BCUT2D eigenvalue weighted by atomic mass is 10.0. The topological polar surface area (TPSA) is 108 Å². The Labute approximate surface area is 163 Å². The first-order valence-corrected chi connectivity index (χ1v) is 8.79. The zero-order valence-corrected chi connectivity index (χ0v) is 16.4. The van der Waals surface area contributed by atoms with Crippen LogP contribution in [0.2, 0.25) is 0 Å². The smallest absolute Gasteiger partial charge is 0.344 e. The van der Waals surface area contributed by atoms with E-state index in [2.05, 4.69) is 5.32 Å². The predicted octanol–water partition coefficient (Wildman–Crippen LogP) is 2.66. The summed E-state index contributed by atoms with van der Waals surface area (Å²) >= 11 is 0. The molecule has 0 spiro atoms. The Morgan fingerprint density at radius 1 is 1.07 bits per heavy atom. The van der Waals surface area contributed by atoms with Crippen molar-refractivity contribution in [3.05, 3.63) is 58.7 Å².